The van der Waals surface area contributed by atoms with Crippen molar-refractivity contribution in [2.75, 3.05) is 0 Å². The lowest BCUT2D eigenvalue weighted by molar-refractivity contribution is 0.0287. The second kappa shape index (κ2) is 3.55. The van der Waals surface area contributed by atoms with E-state index in [1.807, 2.05) is 6.08 Å². The molecule has 2 aliphatic rings. The van der Waals surface area contributed by atoms with E-state index in [1.165, 1.54) is 0 Å². The lowest BCUT2D eigenvalue weighted by Gasteiger charge is -2.30. The van der Waals surface area contributed by atoms with Crippen LogP contribution in [0.1, 0.15) is 39.0 Å². The third-order valence-electron chi connectivity index (χ3n) is 3.71. The van der Waals surface area contributed by atoms with Crippen LogP contribution >= 0.6 is 0 Å². The molecular formula is C12H18F2O. The summed E-state index contributed by atoms with van der Waals surface area (Å²) in [5.41, 5.74) is -0.962. The van der Waals surface area contributed by atoms with E-state index in [2.05, 4.69) is 6.92 Å². The van der Waals surface area contributed by atoms with Crippen LogP contribution in [-0.2, 0) is 0 Å². The molecule has 3 heteroatoms. The Labute approximate surface area is 89.2 Å². The first-order valence-electron chi connectivity index (χ1n) is 5.75. The molecular weight excluding hydrogens is 198 g/mol. The van der Waals surface area contributed by atoms with Gasteiger partial charge in [-0.1, -0.05) is 19.1 Å². The van der Waals surface area contributed by atoms with Gasteiger partial charge in [0.1, 0.15) is 0 Å². The summed E-state index contributed by atoms with van der Waals surface area (Å²) >= 11 is 0. The molecule has 0 heterocycles. The molecule has 0 radical (unpaired) electrons. The minimum absolute atomic E-state index is 0.0413. The van der Waals surface area contributed by atoms with Gasteiger partial charge in [-0.2, -0.15) is 0 Å². The van der Waals surface area contributed by atoms with Crippen molar-refractivity contribution < 1.29 is 13.9 Å². The van der Waals surface area contributed by atoms with Crippen LogP contribution in [0.4, 0.5) is 8.78 Å². The smallest absolute Gasteiger partial charge is 0.251 e. The monoisotopic (exact) mass is 216 g/mol. The molecule has 0 saturated heterocycles. The lowest BCUT2D eigenvalue weighted by Crippen LogP contribution is -2.31. The van der Waals surface area contributed by atoms with Gasteiger partial charge in [-0.05, 0) is 31.6 Å². The molecule has 15 heavy (non-hydrogen) atoms. The van der Waals surface area contributed by atoms with Crippen LogP contribution in [0.2, 0.25) is 0 Å². The van der Waals surface area contributed by atoms with Crippen LogP contribution in [0.25, 0.3) is 0 Å². The third kappa shape index (κ3) is 2.39. The van der Waals surface area contributed by atoms with Gasteiger partial charge in [0, 0.05) is 12.3 Å². The molecule has 1 fully saturated rings. The minimum atomic E-state index is -2.51. The Hall–Kier alpha value is -0.440. The molecule has 2 rings (SSSR count). The third-order valence-corrected chi connectivity index (χ3v) is 3.71. The number of allylic oxidation sites excluding steroid dienone is 1. The van der Waals surface area contributed by atoms with Crippen LogP contribution in [0.5, 0.6) is 0 Å². The highest BCUT2D eigenvalue weighted by molar-refractivity contribution is 5.11. The molecule has 1 saturated carbocycles. The first-order valence-corrected chi connectivity index (χ1v) is 5.75. The van der Waals surface area contributed by atoms with Gasteiger partial charge in [0.2, 0.25) is 0 Å². The highest BCUT2D eigenvalue weighted by Gasteiger charge is 2.58. The summed E-state index contributed by atoms with van der Waals surface area (Å²) in [6, 6.07) is 0. The Morgan fingerprint density at radius 3 is 2.53 bits per heavy atom. The first kappa shape index (κ1) is 11.1. The zero-order valence-electron chi connectivity index (χ0n) is 9.05. The molecule has 0 spiro atoms. The Balaban J connectivity index is 1.92. The predicted octanol–water partition coefficient (Wildman–Crippen LogP) is 3.14. The fourth-order valence-electron chi connectivity index (χ4n) is 2.36. The van der Waals surface area contributed by atoms with E-state index in [1.54, 1.807) is 6.08 Å². The topological polar surface area (TPSA) is 20.2 Å². The molecule has 1 N–H and O–H groups in total. The quantitative estimate of drug-likeness (QED) is 0.718. The van der Waals surface area contributed by atoms with Gasteiger partial charge in [-0.3, -0.25) is 0 Å². The number of alkyl halides is 2. The number of rotatable bonds is 3. The number of hydrogen-bond acceptors (Lipinski definition) is 1. The second-order valence-corrected chi connectivity index (χ2v) is 5.04. The highest BCUT2D eigenvalue weighted by atomic mass is 19.3. The van der Waals surface area contributed by atoms with Gasteiger partial charge in [0.05, 0.1) is 5.60 Å². The maximum atomic E-state index is 12.7. The molecule has 0 aromatic rings. The molecule has 86 valence electrons. The molecule has 0 amide bonds. The molecule has 0 aromatic carbocycles. The Bertz CT molecular complexity index is 275. The molecule has 0 bridgehead atoms. The van der Waals surface area contributed by atoms with Crippen molar-refractivity contribution in [3.05, 3.63) is 12.2 Å². The van der Waals surface area contributed by atoms with Crippen molar-refractivity contribution >= 4 is 0 Å². The van der Waals surface area contributed by atoms with E-state index in [-0.39, 0.29) is 12.8 Å². The summed E-state index contributed by atoms with van der Waals surface area (Å²) < 4.78 is 25.5. The van der Waals surface area contributed by atoms with Gasteiger partial charge in [0.15, 0.2) is 0 Å². The van der Waals surface area contributed by atoms with E-state index in [9.17, 15) is 13.9 Å². The van der Waals surface area contributed by atoms with Crippen LogP contribution in [-0.4, -0.2) is 16.6 Å². The molecule has 1 nitrogen and oxygen atoms in total. The van der Waals surface area contributed by atoms with E-state index >= 15 is 0 Å². The molecule has 3 unspecified atom stereocenters. The first-order chi connectivity index (χ1) is 6.95. The summed E-state index contributed by atoms with van der Waals surface area (Å²) in [7, 11) is 0. The van der Waals surface area contributed by atoms with Crippen LogP contribution in [0.3, 0.4) is 0 Å². The largest absolute Gasteiger partial charge is 0.386 e. The zero-order valence-corrected chi connectivity index (χ0v) is 9.05. The van der Waals surface area contributed by atoms with Crippen LogP contribution < -0.4 is 0 Å². The zero-order chi connectivity index (χ0) is 11.1. The summed E-state index contributed by atoms with van der Waals surface area (Å²) in [6.07, 6.45) is 6.54. The molecule has 2 aliphatic carbocycles. The van der Waals surface area contributed by atoms with E-state index in [0.717, 1.165) is 12.8 Å². The number of halogens is 2. The fraction of sp³-hybridized carbons (Fsp3) is 0.833. The van der Waals surface area contributed by atoms with E-state index in [0.29, 0.717) is 12.3 Å². The van der Waals surface area contributed by atoms with Gasteiger partial charge >= 0.3 is 0 Å². The Morgan fingerprint density at radius 2 is 2.13 bits per heavy atom. The average Bonchev–Trinajstić information content (AvgIpc) is 2.74. The number of aliphatic hydroxyl groups is 1. The Kier molecular flexibility index (Phi) is 2.61. The fourth-order valence-corrected chi connectivity index (χ4v) is 2.36. The summed E-state index contributed by atoms with van der Waals surface area (Å²) in [5.74, 6) is -2.58. The summed E-state index contributed by atoms with van der Waals surface area (Å²) in [6.45, 7) is 2.11. The SMILES string of the molecule is CCC1C=CC(O)(CC2CC2(F)F)CC1. The van der Waals surface area contributed by atoms with Crippen LogP contribution in [0, 0.1) is 11.8 Å². The summed E-state index contributed by atoms with van der Waals surface area (Å²) in [5, 5.41) is 10.1. The normalized spacial score (nSPS) is 42.9. The van der Waals surface area contributed by atoms with Crippen molar-refractivity contribution in [1.82, 2.24) is 0 Å². The van der Waals surface area contributed by atoms with E-state index < -0.39 is 17.4 Å². The van der Waals surface area contributed by atoms with Crippen LogP contribution in [0.15, 0.2) is 12.2 Å². The maximum absolute atomic E-state index is 12.7. The van der Waals surface area contributed by atoms with Gasteiger partial charge < -0.3 is 5.11 Å². The molecule has 0 aliphatic heterocycles. The predicted molar refractivity (Wildman–Crippen MR) is 54.8 cm³/mol. The van der Waals surface area contributed by atoms with Crippen molar-refractivity contribution in [2.24, 2.45) is 11.8 Å². The van der Waals surface area contributed by atoms with Crippen molar-refractivity contribution in [3.63, 3.8) is 0 Å². The van der Waals surface area contributed by atoms with Gasteiger partial charge in [-0.15, -0.1) is 0 Å². The maximum Gasteiger partial charge on any atom is 0.251 e. The molecule has 3 atom stereocenters. The minimum Gasteiger partial charge on any atom is -0.386 e. The standard InChI is InChI=1S/C12H18F2O/c1-2-9-3-5-11(15,6-4-9)7-10-8-12(10,13)14/h3,5,9-10,15H,2,4,6-8H2,1H3. The number of hydrogen-bond donors (Lipinski definition) is 1. The van der Waals surface area contributed by atoms with E-state index in [4.69, 9.17) is 0 Å². The molecule has 0 aromatic heterocycles. The average molecular weight is 216 g/mol. The van der Waals surface area contributed by atoms with Gasteiger partial charge in [0.25, 0.3) is 5.92 Å². The van der Waals surface area contributed by atoms with Crippen molar-refractivity contribution in [1.29, 1.82) is 0 Å². The van der Waals surface area contributed by atoms with Crippen molar-refractivity contribution in [2.45, 2.75) is 50.6 Å². The Morgan fingerprint density at radius 1 is 1.47 bits per heavy atom. The lowest BCUT2D eigenvalue weighted by atomic mass is 9.81. The van der Waals surface area contributed by atoms with Crippen molar-refractivity contribution in [3.8, 4) is 0 Å². The second-order valence-electron chi connectivity index (χ2n) is 5.04. The van der Waals surface area contributed by atoms with Gasteiger partial charge in [-0.25, -0.2) is 8.78 Å². The highest BCUT2D eigenvalue weighted by Crippen LogP contribution is 2.53. The summed E-state index contributed by atoms with van der Waals surface area (Å²) in [4.78, 5) is 0.